The number of hydrogen-bond acceptors (Lipinski definition) is 5. The molecule has 0 unspecified atom stereocenters. The van der Waals surface area contributed by atoms with Crippen molar-refractivity contribution in [2.75, 3.05) is 6.54 Å². The number of amides is 1. The normalized spacial score (nSPS) is 10.8. The molecule has 0 bridgehead atoms. The van der Waals surface area contributed by atoms with Gasteiger partial charge in [0.05, 0.1) is 28.3 Å². The maximum atomic E-state index is 11.9. The lowest BCUT2D eigenvalue weighted by atomic mass is 10.2. The van der Waals surface area contributed by atoms with Crippen LogP contribution in [0.25, 0.3) is 10.2 Å². The summed E-state index contributed by atoms with van der Waals surface area (Å²) in [6.45, 7) is 3.85. The van der Waals surface area contributed by atoms with Gasteiger partial charge in [0.1, 0.15) is 0 Å². The lowest BCUT2D eigenvalue weighted by Crippen LogP contribution is -2.27. The quantitative estimate of drug-likeness (QED) is 0.859. The first kappa shape index (κ1) is 14.5. The van der Waals surface area contributed by atoms with Crippen molar-refractivity contribution < 1.29 is 14.3 Å². The Balaban J connectivity index is 1.87. The largest absolute Gasteiger partial charge is 0.463 e. The maximum absolute atomic E-state index is 11.9. The average Bonchev–Trinajstić information content (AvgIpc) is 2.84. The van der Waals surface area contributed by atoms with Gasteiger partial charge in [-0.05, 0) is 32.0 Å². The molecule has 2 rings (SSSR count). The molecule has 0 saturated heterocycles. The summed E-state index contributed by atoms with van der Waals surface area (Å²) < 4.78 is 5.96. The standard InChI is InChI=1S/C14H16N2O3S/c1-9(2)19-13(17)5-6-15-14(18)10-3-4-11-12(7-10)20-8-16-11/h3-4,7-9H,5-6H2,1-2H3,(H,15,18). The Hall–Kier alpha value is -1.95. The highest BCUT2D eigenvalue weighted by Crippen LogP contribution is 2.18. The number of aromatic nitrogens is 1. The van der Waals surface area contributed by atoms with E-state index in [0.717, 1.165) is 10.2 Å². The molecule has 20 heavy (non-hydrogen) atoms. The third-order valence-electron chi connectivity index (χ3n) is 2.58. The van der Waals surface area contributed by atoms with Gasteiger partial charge in [0.25, 0.3) is 5.91 Å². The van der Waals surface area contributed by atoms with E-state index in [2.05, 4.69) is 10.3 Å². The van der Waals surface area contributed by atoms with E-state index in [1.165, 1.54) is 11.3 Å². The van der Waals surface area contributed by atoms with Crippen molar-refractivity contribution in [3.05, 3.63) is 29.3 Å². The van der Waals surface area contributed by atoms with Crippen molar-refractivity contribution in [1.29, 1.82) is 0 Å². The molecule has 1 aromatic carbocycles. The number of carbonyl (C=O) groups is 2. The Morgan fingerprint density at radius 2 is 2.20 bits per heavy atom. The number of ether oxygens (including phenoxy) is 1. The number of thiazole rings is 1. The molecule has 0 saturated carbocycles. The Labute approximate surface area is 121 Å². The molecule has 1 heterocycles. The van der Waals surface area contributed by atoms with Crippen molar-refractivity contribution in [2.24, 2.45) is 0 Å². The number of hydrogen-bond donors (Lipinski definition) is 1. The number of nitrogens with zero attached hydrogens (tertiary/aromatic N) is 1. The molecule has 0 aliphatic heterocycles. The molecule has 6 heteroatoms. The van der Waals surface area contributed by atoms with Crippen molar-refractivity contribution in [3.63, 3.8) is 0 Å². The summed E-state index contributed by atoms with van der Waals surface area (Å²) in [6, 6.07) is 5.34. The first-order chi connectivity index (χ1) is 9.56. The Morgan fingerprint density at radius 1 is 1.40 bits per heavy atom. The molecule has 1 amide bonds. The third kappa shape index (κ3) is 3.77. The summed E-state index contributed by atoms with van der Waals surface area (Å²) in [5.74, 6) is -0.504. The van der Waals surface area contributed by atoms with Gasteiger partial charge in [-0.3, -0.25) is 9.59 Å². The number of rotatable bonds is 5. The predicted octanol–water partition coefficient (Wildman–Crippen LogP) is 2.37. The van der Waals surface area contributed by atoms with Crippen LogP contribution in [0.15, 0.2) is 23.7 Å². The van der Waals surface area contributed by atoms with Gasteiger partial charge in [0.15, 0.2) is 0 Å². The van der Waals surface area contributed by atoms with Gasteiger partial charge in [-0.25, -0.2) is 4.98 Å². The summed E-state index contributed by atoms with van der Waals surface area (Å²) in [6.07, 6.45) is 0.0409. The zero-order valence-corrected chi connectivity index (χ0v) is 12.2. The van der Waals surface area contributed by atoms with Crippen LogP contribution in [0.1, 0.15) is 30.6 Å². The SMILES string of the molecule is CC(C)OC(=O)CCNC(=O)c1ccc2ncsc2c1. The maximum Gasteiger partial charge on any atom is 0.307 e. The van der Waals surface area contributed by atoms with Crippen LogP contribution in [0.3, 0.4) is 0 Å². The second-order valence-electron chi connectivity index (χ2n) is 4.58. The fourth-order valence-electron chi connectivity index (χ4n) is 1.70. The molecule has 1 aromatic heterocycles. The monoisotopic (exact) mass is 292 g/mol. The summed E-state index contributed by atoms with van der Waals surface area (Å²) in [5, 5.41) is 2.70. The molecule has 0 atom stereocenters. The minimum Gasteiger partial charge on any atom is -0.463 e. The molecule has 0 radical (unpaired) electrons. The van der Waals surface area contributed by atoms with Gasteiger partial charge < -0.3 is 10.1 Å². The highest BCUT2D eigenvalue weighted by Gasteiger charge is 2.09. The third-order valence-corrected chi connectivity index (χ3v) is 3.37. The molecule has 2 aromatic rings. The van der Waals surface area contributed by atoms with Crippen molar-refractivity contribution >= 4 is 33.4 Å². The minimum atomic E-state index is -0.307. The lowest BCUT2D eigenvalue weighted by Gasteiger charge is -2.08. The van der Waals surface area contributed by atoms with Crippen LogP contribution in [-0.4, -0.2) is 29.5 Å². The van der Waals surface area contributed by atoms with Gasteiger partial charge in [-0.15, -0.1) is 11.3 Å². The fraction of sp³-hybridized carbons (Fsp3) is 0.357. The van der Waals surface area contributed by atoms with E-state index in [1.54, 1.807) is 31.5 Å². The molecule has 1 N–H and O–H groups in total. The summed E-state index contributed by atoms with van der Waals surface area (Å²) >= 11 is 1.49. The van der Waals surface area contributed by atoms with Crippen molar-refractivity contribution in [1.82, 2.24) is 10.3 Å². The van der Waals surface area contributed by atoms with E-state index in [-0.39, 0.29) is 30.9 Å². The number of carbonyl (C=O) groups excluding carboxylic acids is 2. The van der Waals surface area contributed by atoms with Crippen LogP contribution in [0, 0.1) is 0 Å². The van der Waals surface area contributed by atoms with Gasteiger partial charge in [0, 0.05) is 12.1 Å². The topological polar surface area (TPSA) is 68.3 Å². The second kappa shape index (κ2) is 6.47. The molecular weight excluding hydrogens is 276 g/mol. The van der Waals surface area contributed by atoms with Crippen LogP contribution < -0.4 is 5.32 Å². The average molecular weight is 292 g/mol. The number of benzene rings is 1. The van der Waals surface area contributed by atoms with E-state index in [0.29, 0.717) is 5.56 Å². The molecule has 0 fully saturated rings. The first-order valence-electron chi connectivity index (χ1n) is 6.37. The van der Waals surface area contributed by atoms with Gasteiger partial charge in [-0.1, -0.05) is 0 Å². The summed E-state index contributed by atoms with van der Waals surface area (Å²) in [4.78, 5) is 27.4. The van der Waals surface area contributed by atoms with E-state index in [4.69, 9.17) is 4.74 Å². The molecule has 106 valence electrons. The number of esters is 1. The molecule has 0 aliphatic carbocycles. The number of fused-ring (bicyclic) bond motifs is 1. The number of nitrogens with one attached hydrogen (secondary N) is 1. The van der Waals surface area contributed by atoms with Crippen molar-refractivity contribution in [2.45, 2.75) is 26.4 Å². The zero-order valence-electron chi connectivity index (χ0n) is 11.4. The van der Waals surface area contributed by atoms with Crippen LogP contribution >= 0.6 is 11.3 Å². The Bertz CT molecular complexity index is 622. The highest BCUT2D eigenvalue weighted by atomic mass is 32.1. The first-order valence-corrected chi connectivity index (χ1v) is 7.25. The Morgan fingerprint density at radius 3 is 2.95 bits per heavy atom. The smallest absolute Gasteiger partial charge is 0.307 e. The summed E-state index contributed by atoms with van der Waals surface area (Å²) in [7, 11) is 0. The Kier molecular flexibility index (Phi) is 4.68. The van der Waals surface area contributed by atoms with E-state index < -0.39 is 0 Å². The lowest BCUT2D eigenvalue weighted by molar-refractivity contribution is -0.147. The van der Waals surface area contributed by atoms with Crippen LogP contribution in [0.4, 0.5) is 0 Å². The summed E-state index contributed by atoms with van der Waals surface area (Å²) in [5.41, 5.74) is 3.19. The molecule has 0 aliphatic rings. The van der Waals surface area contributed by atoms with Gasteiger partial charge in [0.2, 0.25) is 0 Å². The van der Waals surface area contributed by atoms with Gasteiger partial charge in [-0.2, -0.15) is 0 Å². The predicted molar refractivity (Wildman–Crippen MR) is 77.8 cm³/mol. The van der Waals surface area contributed by atoms with Crippen molar-refractivity contribution in [3.8, 4) is 0 Å². The second-order valence-corrected chi connectivity index (χ2v) is 5.47. The van der Waals surface area contributed by atoms with Crippen LogP contribution in [0.5, 0.6) is 0 Å². The fourth-order valence-corrected chi connectivity index (χ4v) is 2.41. The zero-order chi connectivity index (χ0) is 14.5. The van der Waals surface area contributed by atoms with E-state index in [1.807, 2.05) is 6.07 Å². The van der Waals surface area contributed by atoms with Crippen LogP contribution in [-0.2, 0) is 9.53 Å². The highest BCUT2D eigenvalue weighted by molar-refractivity contribution is 7.16. The van der Waals surface area contributed by atoms with Gasteiger partial charge >= 0.3 is 5.97 Å². The van der Waals surface area contributed by atoms with E-state index in [9.17, 15) is 9.59 Å². The van der Waals surface area contributed by atoms with E-state index >= 15 is 0 Å². The van der Waals surface area contributed by atoms with Crippen LogP contribution in [0.2, 0.25) is 0 Å². The minimum absolute atomic E-state index is 0.132. The molecular formula is C14H16N2O3S. The molecule has 0 spiro atoms. The molecule has 5 nitrogen and oxygen atoms in total.